The van der Waals surface area contributed by atoms with E-state index in [1.807, 2.05) is 98.2 Å². The Kier molecular flexibility index (Phi) is 11.9. The number of thioether (sulfide) groups is 1. The SMILES string of the molecule is CSCCC(NC(=O)c1ccc(CCc2ccc(Oc3ccccc3)nc2)cc1-c1ccccc1C)C(=O)O.[LiH]. The molecule has 0 aliphatic heterocycles. The van der Waals surface area contributed by atoms with Crippen molar-refractivity contribution in [2.45, 2.75) is 32.2 Å². The van der Waals surface area contributed by atoms with Gasteiger partial charge in [0.2, 0.25) is 5.88 Å². The third-order valence-corrected chi connectivity index (χ3v) is 7.09. The van der Waals surface area contributed by atoms with Crippen molar-refractivity contribution in [2.24, 2.45) is 0 Å². The van der Waals surface area contributed by atoms with Gasteiger partial charge in [-0.3, -0.25) is 4.79 Å². The molecule has 0 radical (unpaired) electrons. The second-order valence-electron chi connectivity index (χ2n) is 9.26. The van der Waals surface area contributed by atoms with Crippen LogP contribution in [0.1, 0.15) is 33.5 Å². The van der Waals surface area contributed by atoms with Gasteiger partial charge in [-0.1, -0.05) is 60.7 Å². The Labute approximate surface area is 251 Å². The number of hydrogen-bond donors (Lipinski definition) is 2. The molecule has 40 heavy (non-hydrogen) atoms. The second kappa shape index (κ2) is 15.3. The first-order valence-electron chi connectivity index (χ1n) is 12.8. The molecule has 0 saturated carbocycles. The van der Waals surface area contributed by atoms with Crippen molar-refractivity contribution in [1.82, 2.24) is 10.3 Å². The minimum absolute atomic E-state index is 0. The van der Waals surface area contributed by atoms with Crippen molar-refractivity contribution < 1.29 is 19.4 Å². The topological polar surface area (TPSA) is 88.5 Å². The molecule has 0 saturated heterocycles. The Morgan fingerprint density at radius 2 is 1.62 bits per heavy atom. The van der Waals surface area contributed by atoms with Gasteiger partial charge in [-0.15, -0.1) is 0 Å². The molecule has 1 unspecified atom stereocenters. The normalized spacial score (nSPS) is 11.2. The average molecular weight is 549 g/mol. The molecule has 1 atom stereocenters. The number of para-hydroxylation sites is 1. The van der Waals surface area contributed by atoms with Gasteiger partial charge in [0.15, 0.2) is 0 Å². The van der Waals surface area contributed by atoms with Crippen LogP contribution in [0.3, 0.4) is 0 Å². The molecule has 8 heteroatoms. The van der Waals surface area contributed by atoms with Crippen molar-refractivity contribution >= 4 is 42.5 Å². The van der Waals surface area contributed by atoms with Gasteiger partial charge in [-0.2, -0.15) is 11.8 Å². The molecule has 0 aliphatic rings. The number of nitrogens with zero attached hydrogens (tertiary/aromatic N) is 1. The zero-order chi connectivity index (χ0) is 27.6. The third kappa shape index (κ3) is 8.50. The van der Waals surface area contributed by atoms with Gasteiger partial charge in [0.1, 0.15) is 11.8 Å². The Morgan fingerprint density at radius 1 is 0.925 bits per heavy atom. The van der Waals surface area contributed by atoms with Crippen molar-refractivity contribution in [1.29, 1.82) is 0 Å². The van der Waals surface area contributed by atoms with Crippen LogP contribution in [0, 0.1) is 6.92 Å². The summed E-state index contributed by atoms with van der Waals surface area (Å²) in [7, 11) is 0. The fraction of sp³-hybridized carbons (Fsp3) is 0.219. The van der Waals surface area contributed by atoms with Gasteiger partial charge in [0.05, 0.1) is 0 Å². The van der Waals surface area contributed by atoms with Gasteiger partial charge >= 0.3 is 24.8 Å². The predicted molar refractivity (Wildman–Crippen MR) is 164 cm³/mol. The zero-order valence-electron chi connectivity index (χ0n) is 22.1. The van der Waals surface area contributed by atoms with Gasteiger partial charge in [-0.05, 0) is 84.2 Å². The number of amides is 1. The van der Waals surface area contributed by atoms with Crippen LogP contribution >= 0.6 is 11.8 Å². The van der Waals surface area contributed by atoms with Crippen molar-refractivity contribution in [2.75, 3.05) is 12.0 Å². The van der Waals surface area contributed by atoms with Crippen LogP contribution in [-0.4, -0.2) is 58.9 Å². The molecule has 4 aromatic rings. The van der Waals surface area contributed by atoms with E-state index in [1.54, 1.807) is 17.8 Å². The zero-order valence-corrected chi connectivity index (χ0v) is 22.9. The first-order chi connectivity index (χ1) is 18.9. The Bertz CT molecular complexity index is 1410. The maximum atomic E-state index is 13.3. The summed E-state index contributed by atoms with van der Waals surface area (Å²) in [6.45, 7) is 2.01. The molecular weight excluding hydrogens is 515 g/mol. The first kappa shape index (κ1) is 31.0. The number of aromatic nitrogens is 1. The number of aliphatic carboxylic acids is 1. The van der Waals surface area contributed by atoms with E-state index >= 15 is 0 Å². The predicted octanol–water partition coefficient (Wildman–Crippen LogP) is 5.92. The van der Waals surface area contributed by atoms with Crippen LogP contribution in [0.25, 0.3) is 11.1 Å². The Hall–Kier alpha value is -3.50. The van der Waals surface area contributed by atoms with Gasteiger partial charge < -0.3 is 15.2 Å². The number of nitrogens with one attached hydrogen (secondary N) is 1. The number of carbonyl (C=O) groups is 2. The molecule has 4 rings (SSSR count). The van der Waals surface area contributed by atoms with E-state index in [-0.39, 0.29) is 24.8 Å². The fourth-order valence-corrected chi connectivity index (χ4v) is 4.76. The Morgan fingerprint density at radius 3 is 2.30 bits per heavy atom. The van der Waals surface area contributed by atoms with Crippen LogP contribution in [0.4, 0.5) is 0 Å². The summed E-state index contributed by atoms with van der Waals surface area (Å²) in [5.74, 6) is 0.519. The van der Waals surface area contributed by atoms with Crippen LogP contribution in [0.5, 0.6) is 11.6 Å². The van der Waals surface area contributed by atoms with Crippen LogP contribution in [0.15, 0.2) is 91.1 Å². The molecule has 1 amide bonds. The molecule has 0 spiro atoms. The summed E-state index contributed by atoms with van der Waals surface area (Å²) in [5.41, 5.74) is 5.40. The molecule has 202 valence electrons. The first-order valence-corrected chi connectivity index (χ1v) is 14.2. The van der Waals surface area contributed by atoms with Gasteiger partial charge in [-0.25, -0.2) is 9.78 Å². The van der Waals surface area contributed by atoms with E-state index in [1.165, 1.54) is 0 Å². The van der Waals surface area contributed by atoms with Gasteiger partial charge in [0.25, 0.3) is 5.91 Å². The van der Waals surface area contributed by atoms with E-state index in [4.69, 9.17) is 4.74 Å². The summed E-state index contributed by atoms with van der Waals surface area (Å²) < 4.78 is 5.78. The minimum atomic E-state index is -1.03. The van der Waals surface area contributed by atoms with Crippen LogP contribution in [0.2, 0.25) is 0 Å². The van der Waals surface area contributed by atoms with Gasteiger partial charge in [0, 0.05) is 17.8 Å². The number of hydrogen-bond acceptors (Lipinski definition) is 5. The third-order valence-electron chi connectivity index (χ3n) is 6.44. The van der Waals surface area contributed by atoms with E-state index in [9.17, 15) is 14.7 Å². The van der Waals surface area contributed by atoms with Crippen LogP contribution in [-0.2, 0) is 17.6 Å². The van der Waals surface area contributed by atoms with Crippen LogP contribution < -0.4 is 10.1 Å². The quantitative estimate of drug-likeness (QED) is 0.214. The Balaban J connectivity index is 0.00000441. The van der Waals surface area contributed by atoms with Crippen molar-refractivity contribution in [3.63, 3.8) is 0 Å². The number of carboxylic acid groups (broad SMARTS) is 1. The molecular formula is C32H33LiN2O4S. The molecule has 1 aromatic heterocycles. The standard InChI is InChI=1S/C32H32N2O4S.Li.H/c1-22-8-6-7-11-26(22)28-20-23(14-16-27(28)31(35)34-29(32(36)37)18-19-39-2)12-13-24-15-17-30(33-21-24)38-25-9-4-3-5-10-25;;/h3-11,14-17,20-21,29H,12-13,18-19H2,1-2H3,(H,34,35)(H,36,37);;. The second-order valence-corrected chi connectivity index (χ2v) is 10.2. The summed E-state index contributed by atoms with van der Waals surface area (Å²) in [6, 6.07) is 26.2. The van der Waals surface area contributed by atoms with Crippen molar-refractivity contribution in [3.8, 4) is 22.8 Å². The summed E-state index contributed by atoms with van der Waals surface area (Å²) in [4.78, 5) is 29.4. The monoisotopic (exact) mass is 548 g/mol. The molecule has 2 N–H and O–H groups in total. The molecule has 3 aromatic carbocycles. The molecule has 0 fully saturated rings. The number of aryl methyl sites for hydroxylation is 3. The van der Waals surface area contributed by atoms with E-state index in [0.717, 1.165) is 46.4 Å². The fourth-order valence-electron chi connectivity index (χ4n) is 4.29. The van der Waals surface area contributed by atoms with Crippen molar-refractivity contribution in [3.05, 3.63) is 113 Å². The molecule has 0 aliphatic carbocycles. The van der Waals surface area contributed by atoms with E-state index < -0.39 is 12.0 Å². The number of rotatable bonds is 12. The van der Waals surface area contributed by atoms with E-state index in [0.29, 0.717) is 23.6 Å². The average Bonchev–Trinajstić information content (AvgIpc) is 2.95. The number of benzene rings is 3. The number of carboxylic acids is 1. The summed E-state index contributed by atoms with van der Waals surface area (Å²) in [5, 5.41) is 12.3. The maximum absolute atomic E-state index is 13.3. The molecule has 0 bridgehead atoms. The number of ether oxygens (including phenoxy) is 1. The molecule has 6 nitrogen and oxygen atoms in total. The molecule has 1 heterocycles. The number of pyridine rings is 1. The summed E-state index contributed by atoms with van der Waals surface area (Å²) >= 11 is 1.55. The van der Waals surface area contributed by atoms with E-state index in [2.05, 4.69) is 10.3 Å². The summed E-state index contributed by atoms with van der Waals surface area (Å²) in [6.07, 6.45) is 5.63. The number of carbonyl (C=O) groups excluding carboxylic acids is 1.